The predicted octanol–water partition coefficient (Wildman–Crippen LogP) is 5.50. The van der Waals surface area contributed by atoms with Crippen molar-refractivity contribution in [3.05, 3.63) is 63.1 Å². The first-order valence-electron chi connectivity index (χ1n) is 9.15. The molecule has 1 atom stereocenters. The molecule has 2 aromatic carbocycles. The van der Waals surface area contributed by atoms with Crippen LogP contribution in [0.2, 0.25) is 10.0 Å². The second-order valence-electron chi connectivity index (χ2n) is 6.87. The molecule has 0 aliphatic carbocycles. The van der Waals surface area contributed by atoms with Crippen LogP contribution in [0.3, 0.4) is 0 Å². The molecule has 1 amide bonds. The highest BCUT2D eigenvalue weighted by atomic mass is 35.5. The molecule has 0 spiro atoms. The molecule has 0 aliphatic rings. The van der Waals surface area contributed by atoms with Gasteiger partial charge in [0.25, 0.3) is 0 Å². The number of ketones is 1. The maximum absolute atomic E-state index is 12.7. The molecule has 1 unspecified atom stereocenters. The van der Waals surface area contributed by atoms with Gasteiger partial charge in [-0.15, -0.1) is 0 Å². The van der Waals surface area contributed by atoms with Gasteiger partial charge in [0.05, 0.1) is 17.7 Å². The van der Waals surface area contributed by atoms with E-state index in [-0.39, 0.29) is 18.1 Å². The number of rotatable bonds is 8. The molecule has 0 radical (unpaired) electrons. The van der Waals surface area contributed by atoms with E-state index >= 15 is 0 Å². The Morgan fingerprint density at radius 3 is 2.43 bits per heavy atom. The zero-order valence-electron chi connectivity index (χ0n) is 16.6. The van der Waals surface area contributed by atoms with Gasteiger partial charge < -0.3 is 9.64 Å². The molecule has 150 valence electrons. The Balaban J connectivity index is 1.85. The second-order valence-corrected chi connectivity index (χ2v) is 7.71. The van der Waals surface area contributed by atoms with Crippen molar-refractivity contribution in [3.8, 4) is 5.75 Å². The summed E-state index contributed by atoms with van der Waals surface area (Å²) in [6.07, 6.45) is 0.804. The van der Waals surface area contributed by atoms with Gasteiger partial charge in [0, 0.05) is 24.1 Å². The lowest BCUT2D eigenvalue weighted by atomic mass is 9.99. The summed E-state index contributed by atoms with van der Waals surface area (Å²) in [7, 11) is 1.66. The lowest BCUT2D eigenvalue weighted by Crippen LogP contribution is -2.40. The molecule has 0 fully saturated rings. The number of ether oxygens (including phenoxy) is 1. The number of likely N-dealkylation sites (N-methyl/N-ethyl adjacent to an activating group) is 1. The number of carbonyl (C=O) groups is 2. The van der Waals surface area contributed by atoms with Crippen molar-refractivity contribution < 1.29 is 14.3 Å². The highest BCUT2D eigenvalue weighted by Crippen LogP contribution is 2.27. The number of hydrogen-bond donors (Lipinski definition) is 0. The van der Waals surface area contributed by atoms with E-state index in [0.29, 0.717) is 34.4 Å². The Morgan fingerprint density at radius 1 is 1.07 bits per heavy atom. The fraction of sp³-hybridized carbons (Fsp3) is 0.364. The number of carbonyl (C=O) groups excluding carboxylic acids is 2. The molecule has 4 nitrogen and oxygen atoms in total. The average molecular weight is 422 g/mol. The molecule has 28 heavy (non-hydrogen) atoms. The zero-order chi connectivity index (χ0) is 20.8. The lowest BCUT2D eigenvalue weighted by Gasteiger charge is -2.24. The van der Waals surface area contributed by atoms with E-state index in [2.05, 4.69) is 0 Å². The van der Waals surface area contributed by atoms with Gasteiger partial charge in [-0.25, -0.2) is 0 Å². The van der Waals surface area contributed by atoms with Gasteiger partial charge in [-0.3, -0.25) is 9.59 Å². The van der Waals surface area contributed by atoms with Gasteiger partial charge in [-0.1, -0.05) is 35.3 Å². The number of Topliss-reactive ketones (excluding diaryl/α,β-unsaturated/α-hetero) is 1. The minimum atomic E-state index is -0.527. The van der Waals surface area contributed by atoms with Gasteiger partial charge in [-0.2, -0.15) is 0 Å². The lowest BCUT2D eigenvalue weighted by molar-refractivity contribution is -0.131. The molecule has 0 saturated carbocycles. The fourth-order valence-electron chi connectivity index (χ4n) is 2.70. The highest BCUT2D eigenvalue weighted by molar-refractivity contribution is 6.35. The topological polar surface area (TPSA) is 46.6 Å². The number of aryl methyl sites for hydroxylation is 2. The van der Waals surface area contributed by atoms with Crippen molar-refractivity contribution in [2.24, 2.45) is 0 Å². The van der Waals surface area contributed by atoms with E-state index in [1.54, 1.807) is 32.2 Å². The van der Waals surface area contributed by atoms with Crippen molar-refractivity contribution in [2.75, 3.05) is 13.7 Å². The summed E-state index contributed by atoms with van der Waals surface area (Å²) < 4.78 is 5.60. The Hall–Kier alpha value is -2.04. The summed E-state index contributed by atoms with van der Waals surface area (Å²) in [4.78, 5) is 26.6. The summed E-state index contributed by atoms with van der Waals surface area (Å²) in [6, 6.07) is 10.1. The smallest absolute Gasteiger partial charge is 0.223 e. The Kier molecular flexibility index (Phi) is 7.90. The number of hydrogen-bond acceptors (Lipinski definition) is 3. The van der Waals surface area contributed by atoms with Crippen molar-refractivity contribution in [1.29, 1.82) is 0 Å². The third kappa shape index (κ3) is 5.73. The number of halogens is 2. The third-order valence-electron chi connectivity index (χ3n) is 4.83. The Bertz CT molecular complexity index is 867. The van der Waals surface area contributed by atoms with Gasteiger partial charge in [0.2, 0.25) is 5.91 Å². The maximum Gasteiger partial charge on any atom is 0.223 e. The SMILES string of the molecule is Cc1ccc(C(=O)C(C)N(C)C(=O)CCCOc2ccc(Cl)cc2Cl)cc1C. The van der Waals surface area contributed by atoms with Gasteiger partial charge in [0.1, 0.15) is 5.75 Å². The van der Waals surface area contributed by atoms with E-state index in [4.69, 9.17) is 27.9 Å². The highest BCUT2D eigenvalue weighted by Gasteiger charge is 2.23. The van der Waals surface area contributed by atoms with Gasteiger partial charge >= 0.3 is 0 Å². The normalized spacial score (nSPS) is 11.8. The minimum absolute atomic E-state index is 0.0665. The standard InChI is InChI=1S/C22H25Cl2NO3/c1-14-7-8-17(12-15(14)2)22(27)16(3)25(4)21(26)6-5-11-28-20-10-9-18(23)13-19(20)24/h7-10,12-13,16H,5-6,11H2,1-4H3. The van der Waals surface area contributed by atoms with E-state index in [9.17, 15) is 9.59 Å². The second kappa shape index (κ2) is 9.94. The number of benzene rings is 2. The van der Waals surface area contributed by atoms with Crippen molar-refractivity contribution >= 4 is 34.9 Å². The molecular formula is C22H25Cl2NO3. The fourth-order valence-corrected chi connectivity index (χ4v) is 3.16. The first-order chi connectivity index (χ1) is 13.2. The van der Waals surface area contributed by atoms with E-state index < -0.39 is 6.04 Å². The zero-order valence-corrected chi connectivity index (χ0v) is 18.1. The summed E-state index contributed by atoms with van der Waals surface area (Å²) in [6.45, 7) is 6.07. The predicted molar refractivity (Wildman–Crippen MR) is 114 cm³/mol. The van der Waals surface area contributed by atoms with Crippen LogP contribution in [-0.4, -0.2) is 36.3 Å². The molecule has 0 N–H and O–H groups in total. The summed E-state index contributed by atoms with van der Waals surface area (Å²) in [5.41, 5.74) is 2.82. The van der Waals surface area contributed by atoms with Crippen molar-refractivity contribution in [3.63, 3.8) is 0 Å². The summed E-state index contributed by atoms with van der Waals surface area (Å²) in [5, 5.41) is 0.972. The van der Waals surface area contributed by atoms with Crippen LogP contribution in [0.4, 0.5) is 0 Å². The largest absolute Gasteiger partial charge is 0.492 e. The van der Waals surface area contributed by atoms with Crippen LogP contribution < -0.4 is 4.74 Å². The molecule has 2 rings (SSSR count). The van der Waals surface area contributed by atoms with Crippen LogP contribution >= 0.6 is 23.2 Å². The molecule has 0 aliphatic heterocycles. The quantitative estimate of drug-likeness (QED) is 0.417. The number of amides is 1. The van der Waals surface area contributed by atoms with Crippen LogP contribution in [0.5, 0.6) is 5.75 Å². The molecule has 0 bridgehead atoms. The molecule has 2 aromatic rings. The van der Waals surface area contributed by atoms with Crippen LogP contribution in [0.15, 0.2) is 36.4 Å². The summed E-state index contributed by atoms with van der Waals surface area (Å²) in [5.74, 6) is 0.365. The van der Waals surface area contributed by atoms with Crippen LogP contribution in [0.1, 0.15) is 41.3 Å². The van der Waals surface area contributed by atoms with E-state index in [1.807, 2.05) is 32.0 Å². The molecule has 0 saturated heterocycles. The first-order valence-corrected chi connectivity index (χ1v) is 9.91. The molecular weight excluding hydrogens is 397 g/mol. The summed E-state index contributed by atoms with van der Waals surface area (Å²) >= 11 is 11.9. The van der Waals surface area contributed by atoms with Crippen molar-refractivity contribution in [2.45, 2.75) is 39.7 Å². The Morgan fingerprint density at radius 2 is 1.79 bits per heavy atom. The van der Waals surface area contributed by atoms with E-state index in [1.165, 1.54) is 4.90 Å². The Labute approximate surface area is 176 Å². The first kappa shape index (κ1) is 22.3. The average Bonchev–Trinajstić information content (AvgIpc) is 2.66. The minimum Gasteiger partial charge on any atom is -0.492 e. The van der Waals surface area contributed by atoms with Gasteiger partial charge in [-0.05, 0) is 62.6 Å². The van der Waals surface area contributed by atoms with Crippen molar-refractivity contribution in [1.82, 2.24) is 4.90 Å². The van der Waals surface area contributed by atoms with Crippen LogP contribution in [0, 0.1) is 13.8 Å². The third-order valence-corrected chi connectivity index (χ3v) is 5.36. The van der Waals surface area contributed by atoms with Gasteiger partial charge in [0.15, 0.2) is 5.78 Å². The molecule has 6 heteroatoms. The number of nitrogens with zero attached hydrogens (tertiary/aromatic N) is 1. The molecule has 0 heterocycles. The monoisotopic (exact) mass is 421 g/mol. The van der Waals surface area contributed by atoms with Crippen LogP contribution in [0.25, 0.3) is 0 Å². The van der Waals surface area contributed by atoms with Crippen LogP contribution in [-0.2, 0) is 4.79 Å². The maximum atomic E-state index is 12.7. The van der Waals surface area contributed by atoms with E-state index in [0.717, 1.165) is 11.1 Å². The molecule has 0 aromatic heterocycles.